The summed E-state index contributed by atoms with van der Waals surface area (Å²) in [4.78, 5) is 22.7. The van der Waals surface area contributed by atoms with Gasteiger partial charge in [0.05, 0.1) is 6.04 Å². The van der Waals surface area contributed by atoms with Crippen LogP contribution in [0.1, 0.15) is 32.8 Å². The van der Waals surface area contributed by atoms with Gasteiger partial charge in [-0.2, -0.15) is 5.10 Å². The second-order valence-corrected chi connectivity index (χ2v) is 8.01. The summed E-state index contributed by atoms with van der Waals surface area (Å²) < 4.78 is 5.34. The van der Waals surface area contributed by atoms with Gasteiger partial charge in [0.15, 0.2) is 11.8 Å². The Morgan fingerprint density at radius 1 is 1.40 bits per heavy atom. The minimum Gasteiger partial charge on any atom is -0.444 e. The maximum absolute atomic E-state index is 12.0. The Morgan fingerprint density at radius 3 is 2.87 bits per heavy atom. The van der Waals surface area contributed by atoms with Gasteiger partial charge in [-0.3, -0.25) is 10.1 Å². The Hall–Kier alpha value is -2.37. The Morgan fingerprint density at radius 2 is 2.20 bits per heavy atom. The first-order valence-electron chi connectivity index (χ1n) is 9.74. The van der Waals surface area contributed by atoms with Gasteiger partial charge in [-0.1, -0.05) is 18.2 Å². The molecule has 0 radical (unpaired) electrons. The van der Waals surface area contributed by atoms with Crippen molar-refractivity contribution in [2.24, 2.45) is 4.99 Å². The maximum atomic E-state index is 12.0. The van der Waals surface area contributed by atoms with E-state index in [4.69, 9.17) is 4.74 Å². The number of guanidine groups is 1. The minimum atomic E-state index is -0.500. The highest BCUT2D eigenvalue weighted by Crippen LogP contribution is 2.16. The summed E-state index contributed by atoms with van der Waals surface area (Å²) in [5.74, 6) is 1.55. The molecular weight excluding hydrogens is 497 g/mol. The third kappa shape index (κ3) is 6.85. The van der Waals surface area contributed by atoms with Gasteiger partial charge < -0.3 is 20.3 Å². The van der Waals surface area contributed by atoms with Crippen LogP contribution in [0.2, 0.25) is 0 Å². The van der Waals surface area contributed by atoms with Gasteiger partial charge in [-0.25, -0.2) is 9.78 Å². The molecule has 1 fully saturated rings. The molecule has 1 atom stereocenters. The fourth-order valence-electron chi connectivity index (χ4n) is 3.23. The second kappa shape index (κ2) is 10.6. The number of likely N-dealkylation sites (tertiary alicyclic amines) is 1. The van der Waals surface area contributed by atoms with Crippen molar-refractivity contribution in [1.29, 1.82) is 0 Å². The predicted octanol–water partition coefficient (Wildman–Crippen LogP) is 2.76. The third-order valence-corrected chi connectivity index (χ3v) is 4.49. The number of halogens is 1. The number of alkyl carbamates (subject to hydrolysis) is 1. The van der Waals surface area contributed by atoms with Crippen molar-refractivity contribution in [3.8, 4) is 11.4 Å². The summed E-state index contributed by atoms with van der Waals surface area (Å²) in [7, 11) is 1.77. The number of aliphatic imine (C=N–C) groups is 1. The molecule has 3 N–H and O–H groups in total. The Kier molecular flexibility index (Phi) is 8.44. The Labute approximate surface area is 194 Å². The first-order valence-corrected chi connectivity index (χ1v) is 9.74. The molecule has 0 saturated carbocycles. The third-order valence-electron chi connectivity index (χ3n) is 4.49. The summed E-state index contributed by atoms with van der Waals surface area (Å²) in [6.07, 6.45) is 1.97. The molecule has 164 valence electrons. The van der Waals surface area contributed by atoms with Crippen LogP contribution in [0.3, 0.4) is 0 Å². The van der Waals surface area contributed by atoms with Crippen LogP contribution in [-0.2, 0) is 11.3 Å². The molecular formula is C20H30IN7O2. The number of nitrogens with one attached hydrogen (secondary N) is 3. The first-order chi connectivity index (χ1) is 13.8. The normalized spacial score (nSPS) is 16.7. The molecule has 1 amide bonds. The monoisotopic (exact) mass is 527 g/mol. The Bertz CT molecular complexity index is 849. The van der Waals surface area contributed by atoms with E-state index in [0.717, 1.165) is 35.9 Å². The molecule has 0 aliphatic carbocycles. The molecule has 0 bridgehead atoms. The fraction of sp³-hybridized carbons (Fsp3) is 0.500. The summed E-state index contributed by atoms with van der Waals surface area (Å²) in [5, 5.41) is 13.1. The quantitative estimate of drug-likeness (QED) is 0.321. The lowest BCUT2D eigenvalue weighted by molar-refractivity contribution is 0.0507. The van der Waals surface area contributed by atoms with Crippen molar-refractivity contribution in [2.75, 3.05) is 20.1 Å². The van der Waals surface area contributed by atoms with E-state index < -0.39 is 5.60 Å². The Balaban J connectivity index is 0.00000320. The van der Waals surface area contributed by atoms with Crippen LogP contribution in [0.4, 0.5) is 4.79 Å². The van der Waals surface area contributed by atoms with Crippen molar-refractivity contribution in [1.82, 2.24) is 30.7 Å². The van der Waals surface area contributed by atoms with Crippen LogP contribution in [0, 0.1) is 0 Å². The largest absolute Gasteiger partial charge is 0.444 e. The molecule has 3 rings (SSSR count). The number of benzene rings is 1. The number of hydrogen-bond donors (Lipinski definition) is 3. The zero-order valence-corrected chi connectivity index (χ0v) is 20.1. The second-order valence-electron chi connectivity index (χ2n) is 8.01. The van der Waals surface area contributed by atoms with E-state index in [9.17, 15) is 4.79 Å². The van der Waals surface area contributed by atoms with Crippen molar-refractivity contribution in [3.05, 3.63) is 36.2 Å². The van der Waals surface area contributed by atoms with E-state index in [1.165, 1.54) is 6.33 Å². The topological polar surface area (TPSA) is 108 Å². The van der Waals surface area contributed by atoms with E-state index >= 15 is 0 Å². The molecule has 2 heterocycles. The number of hydrogen-bond acceptors (Lipinski definition) is 5. The van der Waals surface area contributed by atoms with Crippen molar-refractivity contribution in [3.63, 3.8) is 0 Å². The fourth-order valence-corrected chi connectivity index (χ4v) is 3.23. The highest BCUT2D eigenvalue weighted by molar-refractivity contribution is 14.0. The van der Waals surface area contributed by atoms with Gasteiger partial charge in [0, 0.05) is 32.2 Å². The molecule has 1 unspecified atom stereocenters. The van der Waals surface area contributed by atoms with Crippen LogP contribution >= 0.6 is 24.0 Å². The average molecular weight is 527 g/mol. The number of aromatic nitrogens is 3. The lowest BCUT2D eigenvalue weighted by atomic mass is 10.1. The van der Waals surface area contributed by atoms with Gasteiger partial charge in [-0.05, 0) is 38.8 Å². The van der Waals surface area contributed by atoms with Crippen LogP contribution < -0.4 is 10.6 Å². The standard InChI is InChI=1S/C20H29N7O2.HI/c1-20(2,3)29-19(28)25-16-8-9-27(12-16)18(21-4)22-11-14-6-5-7-15(10-14)17-23-13-24-26-17;/h5-7,10,13,16H,8-9,11-12H2,1-4H3,(H,21,22)(H,25,28)(H,23,24,26);1H. The molecule has 0 spiro atoms. The van der Waals surface area contributed by atoms with Crippen molar-refractivity contribution < 1.29 is 9.53 Å². The van der Waals surface area contributed by atoms with Gasteiger partial charge in [0.1, 0.15) is 11.9 Å². The number of H-pyrrole nitrogens is 1. The van der Waals surface area contributed by atoms with Gasteiger partial charge in [-0.15, -0.1) is 24.0 Å². The van der Waals surface area contributed by atoms with E-state index in [0.29, 0.717) is 13.1 Å². The van der Waals surface area contributed by atoms with Crippen molar-refractivity contribution >= 4 is 36.0 Å². The lowest BCUT2D eigenvalue weighted by Gasteiger charge is -2.23. The number of rotatable bonds is 4. The summed E-state index contributed by atoms with van der Waals surface area (Å²) >= 11 is 0. The molecule has 9 nitrogen and oxygen atoms in total. The molecule has 1 aromatic heterocycles. The van der Waals surface area contributed by atoms with E-state index in [1.54, 1.807) is 7.05 Å². The van der Waals surface area contributed by atoms with Gasteiger partial charge >= 0.3 is 6.09 Å². The van der Waals surface area contributed by atoms with E-state index in [2.05, 4.69) is 47.8 Å². The number of nitrogens with zero attached hydrogens (tertiary/aromatic N) is 4. The molecule has 2 aromatic rings. The van der Waals surface area contributed by atoms with Crippen LogP contribution in [0.25, 0.3) is 11.4 Å². The number of ether oxygens (including phenoxy) is 1. The number of aromatic amines is 1. The number of amides is 1. The first kappa shape index (κ1) is 23.9. The van der Waals surface area contributed by atoms with Crippen LogP contribution in [0.15, 0.2) is 35.6 Å². The number of carbonyl (C=O) groups is 1. The SMILES string of the molecule is CN=C(NCc1cccc(-c2ncn[nH]2)c1)N1CCC(NC(=O)OC(C)(C)C)C1.I. The van der Waals surface area contributed by atoms with E-state index in [1.807, 2.05) is 32.9 Å². The predicted molar refractivity (Wildman–Crippen MR) is 127 cm³/mol. The molecule has 1 aliphatic heterocycles. The van der Waals surface area contributed by atoms with Gasteiger partial charge in [0.2, 0.25) is 0 Å². The van der Waals surface area contributed by atoms with Gasteiger partial charge in [0.25, 0.3) is 0 Å². The number of carbonyl (C=O) groups excluding carboxylic acids is 1. The molecule has 30 heavy (non-hydrogen) atoms. The zero-order valence-electron chi connectivity index (χ0n) is 17.8. The highest BCUT2D eigenvalue weighted by atomic mass is 127. The molecule has 10 heteroatoms. The lowest BCUT2D eigenvalue weighted by Crippen LogP contribution is -2.44. The molecule has 1 saturated heterocycles. The smallest absolute Gasteiger partial charge is 0.407 e. The van der Waals surface area contributed by atoms with Crippen molar-refractivity contribution in [2.45, 2.75) is 45.4 Å². The van der Waals surface area contributed by atoms with Crippen LogP contribution in [0.5, 0.6) is 0 Å². The minimum absolute atomic E-state index is 0. The summed E-state index contributed by atoms with van der Waals surface area (Å²) in [5.41, 5.74) is 1.60. The molecule has 1 aromatic carbocycles. The summed E-state index contributed by atoms with van der Waals surface area (Å²) in [6.45, 7) is 7.72. The molecule has 1 aliphatic rings. The zero-order chi connectivity index (χ0) is 20.9. The summed E-state index contributed by atoms with van der Waals surface area (Å²) in [6, 6.07) is 8.15. The highest BCUT2D eigenvalue weighted by Gasteiger charge is 2.27. The van der Waals surface area contributed by atoms with Crippen LogP contribution in [-0.4, -0.2) is 63.9 Å². The average Bonchev–Trinajstić information content (AvgIpc) is 3.33. The maximum Gasteiger partial charge on any atom is 0.407 e. The van der Waals surface area contributed by atoms with E-state index in [-0.39, 0.29) is 36.1 Å².